The van der Waals surface area contributed by atoms with Gasteiger partial charge in [0, 0.05) is 5.75 Å². The Morgan fingerprint density at radius 2 is 2.04 bits per heavy atom. The standard InChI is InChI=1S/C15H15FN4O2S/c1-10-13(6-7-21-10)14-18-19-15(20(14)17)23-9-8-22-12-4-2-11(16)3-5-12/h2-7H,8-9,17H2,1H3. The second-order valence-electron chi connectivity index (χ2n) is 4.72. The molecule has 0 atom stereocenters. The van der Waals surface area contributed by atoms with Gasteiger partial charge in [-0.2, -0.15) is 0 Å². The van der Waals surface area contributed by atoms with Crippen LogP contribution in [0, 0.1) is 12.7 Å². The highest BCUT2D eigenvalue weighted by Crippen LogP contribution is 2.24. The molecule has 3 rings (SSSR count). The Morgan fingerprint density at radius 1 is 1.26 bits per heavy atom. The first-order valence-corrected chi connectivity index (χ1v) is 7.90. The van der Waals surface area contributed by atoms with Crippen LogP contribution in [0.5, 0.6) is 5.75 Å². The van der Waals surface area contributed by atoms with Gasteiger partial charge in [0.1, 0.15) is 17.3 Å². The minimum absolute atomic E-state index is 0.287. The molecule has 2 aromatic heterocycles. The lowest BCUT2D eigenvalue weighted by molar-refractivity contribution is 0.343. The molecule has 0 spiro atoms. The zero-order valence-corrected chi connectivity index (χ0v) is 13.2. The van der Waals surface area contributed by atoms with Crippen molar-refractivity contribution in [2.75, 3.05) is 18.2 Å². The third-order valence-electron chi connectivity index (χ3n) is 3.16. The van der Waals surface area contributed by atoms with Gasteiger partial charge in [0.25, 0.3) is 0 Å². The molecule has 23 heavy (non-hydrogen) atoms. The first-order chi connectivity index (χ1) is 11.1. The monoisotopic (exact) mass is 334 g/mol. The van der Waals surface area contributed by atoms with E-state index in [2.05, 4.69) is 10.2 Å². The van der Waals surface area contributed by atoms with E-state index in [4.69, 9.17) is 15.0 Å². The van der Waals surface area contributed by atoms with E-state index >= 15 is 0 Å². The van der Waals surface area contributed by atoms with Gasteiger partial charge in [-0.3, -0.25) is 0 Å². The molecule has 1 aromatic carbocycles. The van der Waals surface area contributed by atoms with Gasteiger partial charge in [-0.1, -0.05) is 11.8 Å². The van der Waals surface area contributed by atoms with Crippen LogP contribution >= 0.6 is 11.8 Å². The molecule has 0 unspecified atom stereocenters. The number of halogens is 1. The van der Waals surface area contributed by atoms with E-state index < -0.39 is 0 Å². The number of furan rings is 1. The fourth-order valence-corrected chi connectivity index (χ4v) is 2.67. The van der Waals surface area contributed by atoms with Crippen molar-refractivity contribution < 1.29 is 13.5 Å². The molecule has 0 aliphatic carbocycles. The van der Waals surface area contributed by atoms with Gasteiger partial charge < -0.3 is 15.0 Å². The normalized spacial score (nSPS) is 10.9. The average Bonchev–Trinajstić information content (AvgIpc) is 3.12. The van der Waals surface area contributed by atoms with Crippen LogP contribution in [0.2, 0.25) is 0 Å². The van der Waals surface area contributed by atoms with Crippen LogP contribution in [0.4, 0.5) is 4.39 Å². The van der Waals surface area contributed by atoms with Gasteiger partial charge in [0.05, 0.1) is 18.4 Å². The first kappa shape index (κ1) is 15.4. The molecule has 8 heteroatoms. The largest absolute Gasteiger partial charge is 0.493 e. The maximum absolute atomic E-state index is 12.8. The Morgan fingerprint density at radius 3 is 2.74 bits per heavy atom. The summed E-state index contributed by atoms with van der Waals surface area (Å²) in [5.74, 6) is 8.28. The molecular formula is C15H15FN4O2S. The van der Waals surface area contributed by atoms with E-state index in [0.29, 0.717) is 29.1 Å². The summed E-state index contributed by atoms with van der Waals surface area (Å²) in [6.07, 6.45) is 1.59. The van der Waals surface area contributed by atoms with Gasteiger partial charge in [-0.05, 0) is 37.3 Å². The SMILES string of the molecule is Cc1occc1-c1nnc(SCCOc2ccc(F)cc2)n1N. The number of rotatable bonds is 6. The number of nitrogen functional groups attached to an aromatic ring is 1. The van der Waals surface area contributed by atoms with E-state index in [-0.39, 0.29) is 5.82 Å². The zero-order valence-electron chi connectivity index (χ0n) is 12.4. The number of benzene rings is 1. The summed E-state index contributed by atoms with van der Waals surface area (Å²) < 4.78 is 25.0. The fraction of sp³-hybridized carbons (Fsp3) is 0.200. The van der Waals surface area contributed by atoms with Gasteiger partial charge in [0.2, 0.25) is 5.16 Å². The van der Waals surface area contributed by atoms with E-state index in [1.807, 2.05) is 6.92 Å². The summed E-state index contributed by atoms with van der Waals surface area (Å²) in [5, 5.41) is 8.75. The molecular weight excluding hydrogens is 319 g/mol. The third kappa shape index (κ3) is 3.48. The number of hydrogen-bond donors (Lipinski definition) is 1. The van der Waals surface area contributed by atoms with Crippen molar-refractivity contribution in [3.63, 3.8) is 0 Å². The molecule has 0 saturated carbocycles. The molecule has 0 amide bonds. The summed E-state index contributed by atoms with van der Waals surface area (Å²) >= 11 is 1.43. The summed E-state index contributed by atoms with van der Waals surface area (Å²) in [4.78, 5) is 0. The molecule has 0 fully saturated rings. The Kier molecular flexibility index (Phi) is 4.52. The first-order valence-electron chi connectivity index (χ1n) is 6.91. The topological polar surface area (TPSA) is 79.1 Å². The number of aryl methyl sites for hydroxylation is 1. The molecule has 0 aliphatic heterocycles. The predicted octanol–water partition coefficient (Wildman–Crippen LogP) is 2.87. The Balaban J connectivity index is 1.56. The maximum atomic E-state index is 12.8. The quantitative estimate of drug-likeness (QED) is 0.424. The Labute approximate surface area is 136 Å². The number of ether oxygens (including phenoxy) is 1. The van der Waals surface area contributed by atoms with Gasteiger partial charge in [0.15, 0.2) is 5.82 Å². The summed E-state index contributed by atoms with van der Waals surface area (Å²) in [6, 6.07) is 7.70. The van der Waals surface area contributed by atoms with Crippen molar-refractivity contribution in [1.82, 2.24) is 14.9 Å². The fourth-order valence-electron chi connectivity index (χ4n) is 2.00. The number of thioether (sulfide) groups is 1. The molecule has 0 radical (unpaired) electrons. The van der Waals surface area contributed by atoms with Crippen molar-refractivity contribution in [1.29, 1.82) is 0 Å². The Hall–Kier alpha value is -2.48. The van der Waals surface area contributed by atoms with E-state index in [0.717, 1.165) is 11.3 Å². The number of nitrogens with two attached hydrogens (primary N) is 1. The second kappa shape index (κ2) is 6.74. The highest BCUT2D eigenvalue weighted by molar-refractivity contribution is 7.99. The minimum Gasteiger partial charge on any atom is -0.493 e. The minimum atomic E-state index is -0.287. The van der Waals surface area contributed by atoms with Crippen molar-refractivity contribution in [3.05, 3.63) is 48.2 Å². The number of aromatic nitrogens is 3. The molecule has 6 nitrogen and oxygen atoms in total. The molecule has 120 valence electrons. The number of nitrogens with zero attached hydrogens (tertiary/aromatic N) is 3. The Bertz CT molecular complexity index is 785. The lowest BCUT2D eigenvalue weighted by Gasteiger charge is -2.06. The predicted molar refractivity (Wildman–Crippen MR) is 85.2 cm³/mol. The van der Waals surface area contributed by atoms with E-state index in [9.17, 15) is 4.39 Å². The lowest BCUT2D eigenvalue weighted by Crippen LogP contribution is -2.12. The summed E-state index contributed by atoms with van der Waals surface area (Å²) in [6.45, 7) is 2.29. The van der Waals surface area contributed by atoms with Gasteiger partial charge >= 0.3 is 0 Å². The second-order valence-corrected chi connectivity index (χ2v) is 5.78. The highest BCUT2D eigenvalue weighted by atomic mass is 32.2. The summed E-state index contributed by atoms with van der Waals surface area (Å²) in [7, 11) is 0. The smallest absolute Gasteiger partial charge is 0.210 e. The van der Waals surface area contributed by atoms with Crippen LogP contribution in [-0.4, -0.2) is 27.2 Å². The van der Waals surface area contributed by atoms with Crippen LogP contribution in [0.25, 0.3) is 11.4 Å². The highest BCUT2D eigenvalue weighted by Gasteiger charge is 2.15. The maximum Gasteiger partial charge on any atom is 0.210 e. The van der Waals surface area contributed by atoms with E-state index in [1.165, 1.54) is 28.6 Å². The molecule has 0 saturated heterocycles. The zero-order chi connectivity index (χ0) is 16.2. The van der Waals surface area contributed by atoms with Crippen molar-refractivity contribution in [3.8, 4) is 17.1 Å². The van der Waals surface area contributed by atoms with Crippen LogP contribution in [0.15, 0.2) is 46.2 Å². The third-order valence-corrected chi connectivity index (χ3v) is 4.07. The van der Waals surface area contributed by atoms with Gasteiger partial charge in [-0.15, -0.1) is 10.2 Å². The van der Waals surface area contributed by atoms with Crippen LogP contribution in [-0.2, 0) is 0 Å². The van der Waals surface area contributed by atoms with Crippen molar-refractivity contribution in [2.24, 2.45) is 0 Å². The molecule has 3 aromatic rings. The van der Waals surface area contributed by atoms with Crippen LogP contribution < -0.4 is 10.6 Å². The molecule has 0 bridgehead atoms. The van der Waals surface area contributed by atoms with Crippen molar-refractivity contribution >= 4 is 11.8 Å². The molecule has 2 N–H and O–H groups in total. The molecule has 0 aliphatic rings. The van der Waals surface area contributed by atoms with Crippen molar-refractivity contribution in [2.45, 2.75) is 12.1 Å². The molecule has 2 heterocycles. The van der Waals surface area contributed by atoms with Crippen LogP contribution in [0.1, 0.15) is 5.76 Å². The number of hydrogen-bond acceptors (Lipinski definition) is 6. The lowest BCUT2D eigenvalue weighted by atomic mass is 10.2. The average molecular weight is 334 g/mol. The summed E-state index contributed by atoms with van der Waals surface area (Å²) in [5.41, 5.74) is 0.814. The van der Waals surface area contributed by atoms with E-state index in [1.54, 1.807) is 24.5 Å². The van der Waals surface area contributed by atoms with Gasteiger partial charge in [-0.25, -0.2) is 9.07 Å². The van der Waals surface area contributed by atoms with Crippen LogP contribution in [0.3, 0.4) is 0 Å².